The van der Waals surface area contributed by atoms with Crippen LogP contribution in [0.3, 0.4) is 0 Å². The first-order valence-corrected chi connectivity index (χ1v) is 10.7. The van der Waals surface area contributed by atoms with E-state index in [1.54, 1.807) is 0 Å². The zero-order valence-corrected chi connectivity index (χ0v) is 18.0. The molecule has 0 unspecified atom stereocenters. The summed E-state index contributed by atoms with van der Waals surface area (Å²) in [6.45, 7) is 7.09. The average molecular weight is 426 g/mol. The molecule has 0 bridgehead atoms. The van der Waals surface area contributed by atoms with E-state index < -0.39 is 6.09 Å². The summed E-state index contributed by atoms with van der Waals surface area (Å²) in [4.78, 5) is 20.0. The summed E-state index contributed by atoms with van der Waals surface area (Å²) in [7, 11) is 1.99. The molecule has 1 aliphatic rings. The summed E-state index contributed by atoms with van der Waals surface area (Å²) >= 11 is 0. The van der Waals surface area contributed by atoms with E-state index in [9.17, 15) is 4.79 Å². The first kappa shape index (κ1) is 21.4. The smallest absolute Gasteiger partial charge is 0.404 e. The summed E-state index contributed by atoms with van der Waals surface area (Å²) in [5.41, 5.74) is 15.6. The molecule has 9 heteroatoms. The standard InChI is InChI=1S/C22H31N7O2/c1-26-14-19(25-16-26)15-29-13-18(20-3-2-17(11-23)10-21(20)29)12-28-6-4-27(5-7-28)8-9-31-22(24)30/h2-3,10,13-14,16H,4-9,11-12,15,23H2,1H3,(H2,24,30). The zero-order chi connectivity index (χ0) is 21.8. The number of ether oxygens (including phenoxy) is 1. The molecule has 1 aromatic carbocycles. The number of rotatable bonds is 8. The maximum Gasteiger partial charge on any atom is 0.404 e. The Kier molecular flexibility index (Phi) is 6.55. The summed E-state index contributed by atoms with van der Waals surface area (Å²) < 4.78 is 9.11. The molecule has 31 heavy (non-hydrogen) atoms. The Morgan fingerprint density at radius 3 is 2.58 bits per heavy atom. The fraction of sp³-hybridized carbons (Fsp3) is 0.455. The number of hydrogen-bond donors (Lipinski definition) is 2. The van der Waals surface area contributed by atoms with Gasteiger partial charge in [-0.2, -0.15) is 0 Å². The number of nitrogens with two attached hydrogens (primary N) is 2. The highest BCUT2D eigenvalue weighted by Crippen LogP contribution is 2.25. The van der Waals surface area contributed by atoms with E-state index in [2.05, 4.69) is 49.9 Å². The Balaban J connectivity index is 1.46. The molecule has 1 amide bonds. The summed E-state index contributed by atoms with van der Waals surface area (Å²) in [6.07, 6.45) is 5.44. The predicted molar refractivity (Wildman–Crippen MR) is 119 cm³/mol. The van der Waals surface area contributed by atoms with Crippen LogP contribution >= 0.6 is 0 Å². The van der Waals surface area contributed by atoms with E-state index in [1.807, 2.05) is 17.9 Å². The van der Waals surface area contributed by atoms with E-state index in [-0.39, 0.29) is 0 Å². The predicted octanol–water partition coefficient (Wildman–Crippen LogP) is 1.09. The number of nitrogens with zero attached hydrogens (tertiary/aromatic N) is 5. The Morgan fingerprint density at radius 2 is 1.90 bits per heavy atom. The monoisotopic (exact) mass is 425 g/mol. The highest BCUT2D eigenvalue weighted by atomic mass is 16.5. The molecule has 1 fully saturated rings. The number of aryl methyl sites for hydroxylation is 1. The first-order valence-electron chi connectivity index (χ1n) is 10.7. The number of carbonyl (C=O) groups excluding carboxylic acids is 1. The lowest BCUT2D eigenvalue weighted by atomic mass is 10.1. The van der Waals surface area contributed by atoms with Gasteiger partial charge in [-0.15, -0.1) is 0 Å². The second-order valence-electron chi connectivity index (χ2n) is 8.15. The lowest BCUT2D eigenvalue weighted by Gasteiger charge is -2.34. The second kappa shape index (κ2) is 9.51. The van der Waals surface area contributed by atoms with Crippen molar-refractivity contribution in [3.05, 3.63) is 53.7 Å². The van der Waals surface area contributed by atoms with Gasteiger partial charge in [0.1, 0.15) is 6.61 Å². The maximum absolute atomic E-state index is 10.7. The van der Waals surface area contributed by atoms with Crippen molar-refractivity contribution in [1.82, 2.24) is 23.9 Å². The van der Waals surface area contributed by atoms with Gasteiger partial charge in [0.25, 0.3) is 0 Å². The van der Waals surface area contributed by atoms with Crippen LogP contribution in [0.1, 0.15) is 16.8 Å². The molecule has 0 radical (unpaired) electrons. The normalized spacial score (nSPS) is 15.5. The van der Waals surface area contributed by atoms with Crippen LogP contribution in [0.5, 0.6) is 0 Å². The van der Waals surface area contributed by atoms with Crippen LogP contribution in [0, 0.1) is 0 Å². The van der Waals surface area contributed by atoms with Crippen molar-refractivity contribution in [1.29, 1.82) is 0 Å². The number of amides is 1. The Labute approximate surface area is 182 Å². The van der Waals surface area contributed by atoms with Gasteiger partial charge in [0.2, 0.25) is 0 Å². The Hall–Kier alpha value is -2.88. The number of primary amides is 1. The van der Waals surface area contributed by atoms with Crippen molar-refractivity contribution in [3.8, 4) is 0 Å². The number of hydrogen-bond acceptors (Lipinski definition) is 6. The maximum atomic E-state index is 10.7. The van der Waals surface area contributed by atoms with E-state index in [0.29, 0.717) is 13.2 Å². The van der Waals surface area contributed by atoms with Gasteiger partial charge in [0.05, 0.1) is 18.6 Å². The second-order valence-corrected chi connectivity index (χ2v) is 8.15. The Morgan fingerprint density at radius 1 is 1.13 bits per heavy atom. The first-order chi connectivity index (χ1) is 15.0. The van der Waals surface area contributed by atoms with Crippen molar-refractivity contribution in [2.75, 3.05) is 39.3 Å². The highest BCUT2D eigenvalue weighted by Gasteiger charge is 2.19. The molecule has 2 aromatic heterocycles. The van der Waals surface area contributed by atoms with Gasteiger partial charge < -0.3 is 25.3 Å². The molecular formula is C22H31N7O2. The van der Waals surface area contributed by atoms with Crippen LogP contribution in [0.4, 0.5) is 4.79 Å². The SMILES string of the molecule is Cn1cnc(Cn2cc(CN3CCN(CCOC(N)=O)CC3)c3ccc(CN)cc32)c1. The van der Waals surface area contributed by atoms with Crippen LogP contribution in [-0.2, 0) is 31.4 Å². The minimum atomic E-state index is -0.710. The van der Waals surface area contributed by atoms with Crippen LogP contribution in [0.2, 0.25) is 0 Å². The minimum Gasteiger partial charge on any atom is -0.448 e. The van der Waals surface area contributed by atoms with Gasteiger partial charge in [-0.3, -0.25) is 9.80 Å². The number of imidazole rings is 1. The lowest BCUT2D eigenvalue weighted by Crippen LogP contribution is -2.46. The van der Waals surface area contributed by atoms with Gasteiger partial charge in [-0.1, -0.05) is 12.1 Å². The molecule has 0 spiro atoms. The third kappa shape index (κ3) is 5.25. The fourth-order valence-electron chi connectivity index (χ4n) is 4.21. The van der Waals surface area contributed by atoms with Crippen molar-refractivity contribution in [2.24, 2.45) is 18.5 Å². The van der Waals surface area contributed by atoms with Crippen molar-refractivity contribution in [2.45, 2.75) is 19.6 Å². The van der Waals surface area contributed by atoms with Gasteiger partial charge in [0.15, 0.2) is 0 Å². The van der Waals surface area contributed by atoms with Gasteiger partial charge in [-0.25, -0.2) is 9.78 Å². The third-order valence-corrected chi connectivity index (χ3v) is 5.87. The highest BCUT2D eigenvalue weighted by molar-refractivity contribution is 5.84. The summed E-state index contributed by atoms with van der Waals surface area (Å²) in [6, 6.07) is 6.51. The molecule has 1 saturated heterocycles. The molecular weight excluding hydrogens is 394 g/mol. The van der Waals surface area contributed by atoms with E-state index >= 15 is 0 Å². The molecule has 3 aromatic rings. The lowest BCUT2D eigenvalue weighted by molar-refractivity contribution is 0.0962. The van der Waals surface area contributed by atoms with Crippen molar-refractivity contribution in [3.63, 3.8) is 0 Å². The summed E-state index contributed by atoms with van der Waals surface area (Å²) in [5.74, 6) is 0. The zero-order valence-electron chi connectivity index (χ0n) is 18.0. The number of piperazine rings is 1. The molecule has 3 heterocycles. The number of benzene rings is 1. The van der Waals surface area contributed by atoms with E-state index in [1.165, 1.54) is 16.5 Å². The quantitative estimate of drug-likeness (QED) is 0.560. The Bertz CT molecular complexity index is 1030. The number of aromatic nitrogens is 3. The fourth-order valence-corrected chi connectivity index (χ4v) is 4.21. The molecule has 0 saturated carbocycles. The number of fused-ring (bicyclic) bond motifs is 1. The van der Waals surface area contributed by atoms with E-state index in [4.69, 9.17) is 16.2 Å². The minimum absolute atomic E-state index is 0.347. The van der Waals surface area contributed by atoms with Gasteiger partial charge in [0, 0.05) is 76.2 Å². The molecule has 166 valence electrons. The summed E-state index contributed by atoms with van der Waals surface area (Å²) in [5, 5.41) is 1.27. The molecule has 0 atom stereocenters. The molecule has 4 rings (SSSR count). The van der Waals surface area contributed by atoms with Gasteiger partial charge >= 0.3 is 6.09 Å². The largest absolute Gasteiger partial charge is 0.448 e. The molecule has 4 N–H and O–H groups in total. The van der Waals surface area contributed by atoms with Crippen molar-refractivity contribution >= 4 is 17.0 Å². The third-order valence-electron chi connectivity index (χ3n) is 5.87. The van der Waals surface area contributed by atoms with Crippen LogP contribution < -0.4 is 11.5 Å². The van der Waals surface area contributed by atoms with Crippen LogP contribution in [-0.4, -0.2) is 69.3 Å². The van der Waals surface area contributed by atoms with Crippen LogP contribution in [0.25, 0.3) is 10.9 Å². The average Bonchev–Trinajstić information content (AvgIpc) is 3.32. The van der Waals surface area contributed by atoms with Crippen LogP contribution in [0.15, 0.2) is 36.9 Å². The molecule has 0 aliphatic carbocycles. The molecule has 9 nitrogen and oxygen atoms in total. The number of carbonyl (C=O) groups is 1. The topological polar surface area (TPSA) is 108 Å². The van der Waals surface area contributed by atoms with Crippen molar-refractivity contribution < 1.29 is 9.53 Å². The van der Waals surface area contributed by atoms with Gasteiger partial charge in [-0.05, 0) is 17.2 Å². The van der Waals surface area contributed by atoms with E-state index in [0.717, 1.165) is 57.1 Å². The molecule has 1 aliphatic heterocycles.